The van der Waals surface area contributed by atoms with Crippen molar-refractivity contribution in [3.63, 3.8) is 0 Å². The second kappa shape index (κ2) is 6.01. The Morgan fingerprint density at radius 2 is 2.29 bits per heavy atom. The highest BCUT2D eigenvalue weighted by atomic mass is 32.2. The van der Waals surface area contributed by atoms with E-state index >= 15 is 0 Å². The molecule has 0 bridgehead atoms. The summed E-state index contributed by atoms with van der Waals surface area (Å²) in [5.41, 5.74) is 5.70. The van der Waals surface area contributed by atoms with Crippen molar-refractivity contribution in [1.82, 2.24) is 0 Å². The van der Waals surface area contributed by atoms with E-state index in [1.807, 2.05) is 6.07 Å². The molecule has 0 aliphatic rings. The van der Waals surface area contributed by atoms with Crippen LogP contribution in [0.25, 0.3) is 0 Å². The first-order valence-corrected chi connectivity index (χ1v) is 5.45. The molecule has 0 aromatic heterocycles. The summed E-state index contributed by atoms with van der Waals surface area (Å²) in [7, 11) is 0. The van der Waals surface area contributed by atoms with Gasteiger partial charge in [0.05, 0.1) is 0 Å². The van der Waals surface area contributed by atoms with Gasteiger partial charge < -0.3 is 10.8 Å². The topological polar surface area (TPSA) is 46.2 Å². The van der Waals surface area contributed by atoms with Gasteiger partial charge in [0.1, 0.15) is 5.82 Å². The molecule has 1 aromatic carbocycles. The lowest BCUT2D eigenvalue weighted by Crippen LogP contribution is -2.23. The summed E-state index contributed by atoms with van der Waals surface area (Å²) in [6, 6.07) is 6.39. The van der Waals surface area contributed by atoms with Crippen LogP contribution in [0.15, 0.2) is 29.2 Å². The molecule has 1 atom stereocenters. The highest BCUT2D eigenvalue weighted by Gasteiger charge is 2.03. The second-order valence-corrected chi connectivity index (χ2v) is 4.13. The summed E-state index contributed by atoms with van der Waals surface area (Å²) in [4.78, 5) is 0.874. The van der Waals surface area contributed by atoms with Gasteiger partial charge in [0, 0.05) is 23.3 Å². The van der Waals surface area contributed by atoms with Gasteiger partial charge in [-0.15, -0.1) is 11.8 Å². The van der Waals surface area contributed by atoms with Gasteiger partial charge in [0.25, 0.3) is 0 Å². The second-order valence-electron chi connectivity index (χ2n) is 3.04. The van der Waals surface area contributed by atoms with Crippen LogP contribution in [0.3, 0.4) is 0 Å². The lowest BCUT2D eigenvalue weighted by molar-refractivity contribution is 0.279. The summed E-state index contributed by atoms with van der Waals surface area (Å²) in [5, 5.41) is 8.63. The molecule has 0 radical (unpaired) electrons. The van der Waals surface area contributed by atoms with E-state index in [0.717, 1.165) is 4.90 Å². The standard InChI is InChI=1S/C10H14FNOS/c11-8-2-1-3-10(6-8)14-7-9(12)4-5-13/h1-3,6,9,13H,4-5,7,12H2. The van der Waals surface area contributed by atoms with Crippen LogP contribution in [0, 0.1) is 5.82 Å². The van der Waals surface area contributed by atoms with Gasteiger partial charge in [-0.1, -0.05) is 6.07 Å². The summed E-state index contributed by atoms with van der Waals surface area (Å²) >= 11 is 1.51. The molecule has 14 heavy (non-hydrogen) atoms. The summed E-state index contributed by atoms with van der Waals surface area (Å²) in [5.74, 6) is 0.468. The largest absolute Gasteiger partial charge is 0.396 e. The van der Waals surface area contributed by atoms with Crippen molar-refractivity contribution < 1.29 is 9.50 Å². The van der Waals surface area contributed by atoms with Crippen molar-refractivity contribution in [3.8, 4) is 0 Å². The van der Waals surface area contributed by atoms with Crippen molar-refractivity contribution in [1.29, 1.82) is 0 Å². The fraction of sp³-hybridized carbons (Fsp3) is 0.400. The molecule has 2 nitrogen and oxygen atoms in total. The Labute approximate surface area is 87.3 Å². The number of hydrogen-bond acceptors (Lipinski definition) is 3. The van der Waals surface area contributed by atoms with Crippen LogP contribution in [0.4, 0.5) is 4.39 Å². The summed E-state index contributed by atoms with van der Waals surface area (Å²) in [6.07, 6.45) is 0.586. The third-order valence-corrected chi connectivity index (χ3v) is 2.94. The average Bonchev–Trinajstić information content (AvgIpc) is 2.15. The monoisotopic (exact) mass is 215 g/mol. The molecule has 1 unspecified atom stereocenters. The maximum absolute atomic E-state index is 12.8. The lowest BCUT2D eigenvalue weighted by Gasteiger charge is -2.08. The van der Waals surface area contributed by atoms with Gasteiger partial charge in [0.15, 0.2) is 0 Å². The van der Waals surface area contributed by atoms with Crippen molar-refractivity contribution in [2.45, 2.75) is 17.4 Å². The molecule has 1 aromatic rings. The van der Waals surface area contributed by atoms with Crippen LogP contribution in [0.5, 0.6) is 0 Å². The number of aliphatic hydroxyl groups is 1. The predicted molar refractivity (Wildman–Crippen MR) is 56.8 cm³/mol. The van der Waals surface area contributed by atoms with Crippen molar-refractivity contribution in [2.75, 3.05) is 12.4 Å². The minimum absolute atomic E-state index is 0.0340. The number of halogens is 1. The van der Waals surface area contributed by atoms with E-state index in [1.165, 1.54) is 23.9 Å². The number of hydrogen-bond donors (Lipinski definition) is 2. The summed E-state index contributed by atoms with van der Waals surface area (Å²) < 4.78 is 12.8. The molecule has 1 rings (SSSR count). The minimum atomic E-state index is -0.231. The number of rotatable bonds is 5. The Morgan fingerprint density at radius 3 is 2.93 bits per heavy atom. The number of thioether (sulfide) groups is 1. The minimum Gasteiger partial charge on any atom is -0.396 e. The van der Waals surface area contributed by atoms with Gasteiger partial charge in [-0.3, -0.25) is 0 Å². The smallest absolute Gasteiger partial charge is 0.124 e. The highest BCUT2D eigenvalue weighted by Crippen LogP contribution is 2.19. The zero-order valence-electron chi connectivity index (χ0n) is 7.82. The van der Waals surface area contributed by atoms with Gasteiger partial charge in [-0.2, -0.15) is 0 Å². The van der Waals surface area contributed by atoms with E-state index in [2.05, 4.69) is 0 Å². The summed E-state index contributed by atoms with van der Waals surface area (Å²) in [6.45, 7) is 0.102. The van der Waals surface area contributed by atoms with Crippen molar-refractivity contribution in [2.24, 2.45) is 5.73 Å². The molecule has 4 heteroatoms. The zero-order valence-corrected chi connectivity index (χ0v) is 8.64. The third kappa shape index (κ3) is 4.09. The molecular weight excluding hydrogens is 201 g/mol. The number of benzene rings is 1. The SMILES string of the molecule is NC(CCO)CSc1cccc(F)c1. The molecule has 0 aliphatic heterocycles. The Hall–Kier alpha value is -0.580. The maximum atomic E-state index is 12.8. The average molecular weight is 215 g/mol. The van der Waals surface area contributed by atoms with Crippen molar-refractivity contribution >= 4 is 11.8 Å². The highest BCUT2D eigenvalue weighted by molar-refractivity contribution is 7.99. The fourth-order valence-electron chi connectivity index (χ4n) is 1.01. The molecule has 78 valence electrons. The fourth-order valence-corrected chi connectivity index (χ4v) is 1.95. The van der Waals surface area contributed by atoms with Crippen LogP contribution in [0.1, 0.15) is 6.42 Å². The van der Waals surface area contributed by atoms with Crippen LogP contribution in [0.2, 0.25) is 0 Å². The first-order chi connectivity index (χ1) is 6.72. The van der Waals surface area contributed by atoms with Gasteiger partial charge >= 0.3 is 0 Å². The molecule has 0 fully saturated rings. The van der Waals surface area contributed by atoms with Gasteiger partial charge in [-0.25, -0.2) is 4.39 Å². The normalized spacial score (nSPS) is 12.8. The van der Waals surface area contributed by atoms with Crippen LogP contribution >= 0.6 is 11.8 Å². The van der Waals surface area contributed by atoms with Gasteiger partial charge in [0.2, 0.25) is 0 Å². The Balaban J connectivity index is 2.37. The quantitative estimate of drug-likeness (QED) is 0.734. The molecule has 3 N–H and O–H groups in total. The number of nitrogens with two attached hydrogens (primary N) is 1. The zero-order chi connectivity index (χ0) is 10.4. The van der Waals surface area contributed by atoms with E-state index in [0.29, 0.717) is 12.2 Å². The molecule has 0 saturated heterocycles. The Kier molecular flexibility index (Phi) is 4.93. The molecule has 0 heterocycles. The lowest BCUT2D eigenvalue weighted by atomic mass is 10.3. The first-order valence-electron chi connectivity index (χ1n) is 4.47. The van der Waals surface area contributed by atoms with E-state index in [-0.39, 0.29) is 18.5 Å². The molecule has 0 spiro atoms. The molecule has 0 saturated carbocycles. The van der Waals surface area contributed by atoms with E-state index in [9.17, 15) is 4.39 Å². The maximum Gasteiger partial charge on any atom is 0.124 e. The predicted octanol–water partition coefficient (Wildman–Crippen LogP) is 1.63. The van der Waals surface area contributed by atoms with E-state index in [1.54, 1.807) is 6.07 Å². The van der Waals surface area contributed by atoms with Crippen LogP contribution in [-0.2, 0) is 0 Å². The van der Waals surface area contributed by atoms with Gasteiger partial charge in [-0.05, 0) is 24.6 Å². The third-order valence-electron chi connectivity index (χ3n) is 1.76. The van der Waals surface area contributed by atoms with Crippen LogP contribution in [-0.4, -0.2) is 23.5 Å². The number of aliphatic hydroxyl groups excluding tert-OH is 1. The van der Waals surface area contributed by atoms with E-state index < -0.39 is 0 Å². The molecular formula is C10H14FNOS. The molecule has 0 amide bonds. The van der Waals surface area contributed by atoms with E-state index in [4.69, 9.17) is 10.8 Å². The Bertz CT molecular complexity index is 283. The molecule has 0 aliphatic carbocycles. The first kappa shape index (κ1) is 11.5. The van der Waals surface area contributed by atoms with Crippen molar-refractivity contribution in [3.05, 3.63) is 30.1 Å². The Morgan fingerprint density at radius 1 is 1.50 bits per heavy atom. The van der Waals surface area contributed by atoms with Crippen LogP contribution < -0.4 is 5.73 Å².